The van der Waals surface area contributed by atoms with Crippen molar-refractivity contribution in [3.63, 3.8) is 0 Å². The lowest BCUT2D eigenvalue weighted by atomic mass is 10.1. The monoisotopic (exact) mass is 236 g/mol. The third-order valence-corrected chi connectivity index (χ3v) is 2.57. The third kappa shape index (κ3) is 4.97. The van der Waals surface area contributed by atoms with Crippen LogP contribution in [-0.2, 0) is 17.8 Å². The molecule has 0 atom stereocenters. The largest absolute Gasteiger partial charge is 0.394 e. The molecule has 0 radical (unpaired) electrons. The Morgan fingerprint density at radius 3 is 2.29 bits per heavy atom. The van der Waals surface area contributed by atoms with E-state index in [4.69, 9.17) is 10.8 Å². The van der Waals surface area contributed by atoms with Gasteiger partial charge in [-0.25, -0.2) is 0 Å². The Hall–Kier alpha value is -1.39. The molecular weight excluding hydrogens is 216 g/mol. The quantitative estimate of drug-likeness (QED) is 0.676. The van der Waals surface area contributed by atoms with E-state index in [0.29, 0.717) is 6.54 Å². The van der Waals surface area contributed by atoms with Crippen molar-refractivity contribution < 1.29 is 9.90 Å². The summed E-state index contributed by atoms with van der Waals surface area (Å²) in [5, 5.41) is 12.3. The lowest BCUT2D eigenvalue weighted by Gasteiger charge is -2.23. The van der Waals surface area contributed by atoms with Crippen molar-refractivity contribution in [3.05, 3.63) is 35.4 Å². The van der Waals surface area contributed by atoms with E-state index in [9.17, 15) is 4.79 Å². The smallest absolute Gasteiger partial charge is 0.221 e. The third-order valence-electron chi connectivity index (χ3n) is 2.57. The summed E-state index contributed by atoms with van der Waals surface area (Å²) in [4.78, 5) is 10.7. The number of aliphatic hydroxyl groups is 1. The summed E-state index contributed by atoms with van der Waals surface area (Å²) < 4.78 is 0. The summed E-state index contributed by atoms with van der Waals surface area (Å²) in [6.07, 6.45) is 0.274. The van der Waals surface area contributed by atoms with E-state index in [1.165, 1.54) is 0 Å². The van der Waals surface area contributed by atoms with Gasteiger partial charge in [-0.1, -0.05) is 24.3 Å². The number of hydrogen-bond acceptors (Lipinski definition) is 3. The first-order chi connectivity index (χ1) is 7.93. The molecule has 4 heteroatoms. The zero-order chi connectivity index (χ0) is 12.9. The van der Waals surface area contributed by atoms with Crippen LogP contribution in [0.1, 0.15) is 25.0 Å². The molecule has 0 bridgehead atoms. The molecule has 0 aliphatic rings. The van der Waals surface area contributed by atoms with Gasteiger partial charge in [-0.05, 0) is 25.0 Å². The van der Waals surface area contributed by atoms with Crippen LogP contribution in [0.5, 0.6) is 0 Å². The Kier molecular flexibility index (Phi) is 4.66. The van der Waals surface area contributed by atoms with Crippen LogP contribution in [0.2, 0.25) is 0 Å². The van der Waals surface area contributed by atoms with Gasteiger partial charge >= 0.3 is 0 Å². The second kappa shape index (κ2) is 5.80. The lowest BCUT2D eigenvalue weighted by molar-refractivity contribution is -0.117. The van der Waals surface area contributed by atoms with Gasteiger partial charge in [0.25, 0.3) is 0 Å². The molecule has 94 valence electrons. The summed E-state index contributed by atoms with van der Waals surface area (Å²) in [5.41, 5.74) is 6.86. The van der Waals surface area contributed by atoms with Crippen molar-refractivity contribution >= 4 is 5.91 Å². The van der Waals surface area contributed by atoms with Crippen LogP contribution in [0.15, 0.2) is 24.3 Å². The van der Waals surface area contributed by atoms with Crippen molar-refractivity contribution in [2.45, 2.75) is 32.4 Å². The second-order valence-electron chi connectivity index (χ2n) is 4.86. The van der Waals surface area contributed by atoms with Crippen LogP contribution in [0.4, 0.5) is 0 Å². The second-order valence-corrected chi connectivity index (χ2v) is 4.86. The Labute approximate surface area is 102 Å². The van der Waals surface area contributed by atoms with E-state index in [0.717, 1.165) is 11.1 Å². The number of primary amides is 1. The van der Waals surface area contributed by atoms with Crippen molar-refractivity contribution in [2.75, 3.05) is 6.61 Å². The summed E-state index contributed by atoms with van der Waals surface area (Å²) in [5.74, 6) is -0.322. The highest BCUT2D eigenvalue weighted by Gasteiger charge is 2.14. The fraction of sp³-hybridized carbons (Fsp3) is 0.462. The molecule has 17 heavy (non-hydrogen) atoms. The standard InChI is InChI=1S/C13H20N2O2/c1-13(2,9-16)15-8-11-5-3-10(4-6-11)7-12(14)17/h3-6,15-16H,7-9H2,1-2H3,(H2,14,17). The normalized spacial score (nSPS) is 11.5. The molecule has 0 saturated heterocycles. The number of nitrogens with one attached hydrogen (secondary N) is 1. The van der Waals surface area contributed by atoms with Crippen LogP contribution in [0.3, 0.4) is 0 Å². The van der Waals surface area contributed by atoms with Crippen molar-refractivity contribution in [3.8, 4) is 0 Å². The number of rotatable bonds is 6. The topological polar surface area (TPSA) is 75.3 Å². The molecular formula is C13H20N2O2. The first-order valence-electron chi connectivity index (χ1n) is 5.65. The summed E-state index contributed by atoms with van der Waals surface area (Å²) >= 11 is 0. The molecule has 0 aromatic heterocycles. The number of aliphatic hydroxyl groups excluding tert-OH is 1. The van der Waals surface area contributed by atoms with Crippen molar-refractivity contribution in [1.82, 2.24) is 5.32 Å². The number of benzene rings is 1. The zero-order valence-corrected chi connectivity index (χ0v) is 10.4. The van der Waals surface area contributed by atoms with E-state index < -0.39 is 0 Å². The van der Waals surface area contributed by atoms with Gasteiger partial charge in [0.05, 0.1) is 13.0 Å². The van der Waals surface area contributed by atoms with E-state index in [1.807, 2.05) is 38.1 Å². The summed E-state index contributed by atoms with van der Waals surface area (Å²) in [7, 11) is 0. The van der Waals surface area contributed by atoms with Gasteiger partial charge < -0.3 is 16.2 Å². The minimum absolute atomic E-state index is 0.0900. The molecule has 1 aromatic rings. The molecule has 0 saturated carbocycles. The molecule has 1 amide bonds. The van der Waals surface area contributed by atoms with Gasteiger partial charge in [-0.3, -0.25) is 4.79 Å². The van der Waals surface area contributed by atoms with Gasteiger partial charge in [0.1, 0.15) is 0 Å². The van der Waals surface area contributed by atoms with Crippen LogP contribution >= 0.6 is 0 Å². The Balaban J connectivity index is 2.54. The van der Waals surface area contributed by atoms with Gasteiger partial charge in [0.15, 0.2) is 0 Å². The van der Waals surface area contributed by atoms with Crippen LogP contribution < -0.4 is 11.1 Å². The number of amides is 1. The van der Waals surface area contributed by atoms with E-state index in [-0.39, 0.29) is 24.5 Å². The highest BCUT2D eigenvalue weighted by molar-refractivity contribution is 5.76. The Bertz CT molecular complexity index is 372. The fourth-order valence-electron chi connectivity index (χ4n) is 1.37. The summed E-state index contributed by atoms with van der Waals surface area (Å²) in [6.45, 7) is 4.65. The zero-order valence-electron chi connectivity index (χ0n) is 10.4. The Morgan fingerprint density at radius 2 is 1.82 bits per heavy atom. The van der Waals surface area contributed by atoms with Crippen LogP contribution in [-0.4, -0.2) is 23.2 Å². The predicted molar refractivity (Wildman–Crippen MR) is 67.3 cm³/mol. The average molecular weight is 236 g/mol. The number of carbonyl (C=O) groups excluding carboxylic acids is 1. The number of hydrogen-bond donors (Lipinski definition) is 3. The maximum Gasteiger partial charge on any atom is 0.221 e. The van der Waals surface area contributed by atoms with E-state index >= 15 is 0 Å². The first-order valence-corrected chi connectivity index (χ1v) is 5.65. The van der Waals surface area contributed by atoms with Gasteiger partial charge in [0, 0.05) is 12.1 Å². The average Bonchev–Trinajstić information content (AvgIpc) is 2.28. The van der Waals surface area contributed by atoms with E-state index in [1.54, 1.807) is 0 Å². The predicted octanol–water partition coefficient (Wildman–Crippen LogP) is 0.575. The fourth-order valence-corrected chi connectivity index (χ4v) is 1.37. The minimum atomic E-state index is -0.322. The minimum Gasteiger partial charge on any atom is -0.394 e. The van der Waals surface area contributed by atoms with Crippen LogP contribution in [0, 0.1) is 0 Å². The molecule has 0 fully saturated rings. The van der Waals surface area contributed by atoms with Gasteiger partial charge in [-0.15, -0.1) is 0 Å². The molecule has 0 aliphatic carbocycles. The highest BCUT2D eigenvalue weighted by atomic mass is 16.3. The Morgan fingerprint density at radius 1 is 1.29 bits per heavy atom. The van der Waals surface area contributed by atoms with Crippen molar-refractivity contribution in [1.29, 1.82) is 0 Å². The number of carbonyl (C=O) groups is 1. The first kappa shape index (κ1) is 13.7. The molecule has 0 spiro atoms. The van der Waals surface area contributed by atoms with Gasteiger partial charge in [0.2, 0.25) is 5.91 Å². The molecule has 1 rings (SSSR count). The summed E-state index contributed by atoms with van der Waals surface area (Å²) in [6, 6.07) is 7.71. The van der Waals surface area contributed by atoms with Crippen LogP contribution in [0.25, 0.3) is 0 Å². The molecule has 1 aromatic carbocycles. The highest BCUT2D eigenvalue weighted by Crippen LogP contribution is 2.07. The molecule has 0 aliphatic heterocycles. The van der Waals surface area contributed by atoms with Gasteiger partial charge in [-0.2, -0.15) is 0 Å². The maximum atomic E-state index is 10.7. The maximum absolute atomic E-state index is 10.7. The lowest BCUT2D eigenvalue weighted by Crippen LogP contribution is -2.42. The van der Waals surface area contributed by atoms with Crippen molar-refractivity contribution in [2.24, 2.45) is 5.73 Å². The molecule has 4 N–H and O–H groups in total. The number of nitrogens with two attached hydrogens (primary N) is 1. The molecule has 4 nitrogen and oxygen atoms in total. The molecule has 0 unspecified atom stereocenters. The SMILES string of the molecule is CC(C)(CO)NCc1ccc(CC(N)=O)cc1. The van der Waals surface area contributed by atoms with E-state index in [2.05, 4.69) is 5.32 Å². The molecule has 0 heterocycles.